The Labute approximate surface area is 257 Å². The highest BCUT2D eigenvalue weighted by molar-refractivity contribution is 6.42. The van der Waals surface area contributed by atoms with Crippen molar-refractivity contribution in [2.75, 3.05) is 12.4 Å². The lowest BCUT2D eigenvalue weighted by Gasteiger charge is -2.27. The number of methoxy groups -OCH3 is 1. The fraction of sp³-hybridized carbons (Fsp3) is 0.172. The van der Waals surface area contributed by atoms with E-state index in [1.807, 2.05) is 0 Å². The van der Waals surface area contributed by atoms with Crippen LogP contribution in [0.25, 0.3) is 10.9 Å². The third kappa shape index (κ3) is 4.93. The molecule has 3 heterocycles. The molecule has 1 aromatic heterocycles. The molecule has 11 nitrogen and oxygen atoms in total. The maximum absolute atomic E-state index is 15.7. The van der Waals surface area contributed by atoms with E-state index in [2.05, 4.69) is 20.6 Å². The van der Waals surface area contributed by atoms with Gasteiger partial charge in [-0.3, -0.25) is 29.4 Å². The van der Waals surface area contributed by atoms with Gasteiger partial charge in [0.2, 0.25) is 11.8 Å². The Kier molecular flexibility index (Phi) is 7.51. The molecule has 0 bridgehead atoms. The molecule has 1 unspecified atom stereocenters. The van der Waals surface area contributed by atoms with Crippen molar-refractivity contribution in [1.82, 2.24) is 20.2 Å². The number of benzene rings is 3. The predicted molar refractivity (Wildman–Crippen MR) is 153 cm³/mol. The number of nitrogens with zero attached hydrogens (tertiary/aromatic N) is 3. The summed E-state index contributed by atoms with van der Waals surface area (Å²) in [5.74, 6) is -4.34. The molecule has 1 atom stereocenters. The highest BCUT2D eigenvalue weighted by Crippen LogP contribution is 2.38. The van der Waals surface area contributed by atoms with Crippen molar-refractivity contribution in [3.05, 3.63) is 81.1 Å². The lowest BCUT2D eigenvalue weighted by Crippen LogP contribution is -2.54. The monoisotopic (exact) mass is 641 g/mol. The largest absolute Gasteiger partial charge is 0.493 e. The number of carbonyl (C=O) groups is 4. The van der Waals surface area contributed by atoms with E-state index >= 15 is 4.39 Å². The van der Waals surface area contributed by atoms with Gasteiger partial charge in [0.25, 0.3) is 11.8 Å². The van der Waals surface area contributed by atoms with E-state index in [1.54, 1.807) is 6.07 Å². The predicted octanol–water partition coefficient (Wildman–Crippen LogP) is 4.95. The van der Waals surface area contributed by atoms with Crippen molar-refractivity contribution in [3.63, 3.8) is 0 Å². The molecule has 224 valence electrons. The number of imide groups is 2. The fourth-order valence-electron chi connectivity index (χ4n) is 5.01. The molecule has 1 saturated heterocycles. The molecule has 0 aliphatic carbocycles. The second-order valence-electron chi connectivity index (χ2n) is 9.79. The standard InChI is InChI=1S/C29H19Cl2F2N5O6/c1-43-19-9-17-14(26(35-11-34-17)36-16-5-4-15(30)23(31)25(16)33)8-20(19)44-10-12-2-3-13-22(24(12)32)29(42)38(28(13)41)18-6-7-21(39)37-27(18)40/h2-5,8-9,11,18H,6-7,10H2,1H3,(H,34,35,36)(H,37,39,40). The minimum absolute atomic E-state index is 0.00321. The molecule has 2 N–H and O–H groups in total. The van der Waals surface area contributed by atoms with Crippen LogP contribution in [0, 0.1) is 11.6 Å². The van der Waals surface area contributed by atoms with Crippen molar-refractivity contribution >= 4 is 69.2 Å². The summed E-state index contributed by atoms with van der Waals surface area (Å²) in [6, 6.07) is 7.21. The number of rotatable bonds is 7. The highest BCUT2D eigenvalue weighted by Gasteiger charge is 2.46. The minimum Gasteiger partial charge on any atom is -0.493 e. The topological polar surface area (TPSA) is 140 Å². The van der Waals surface area contributed by atoms with Gasteiger partial charge in [0.05, 0.1) is 39.5 Å². The summed E-state index contributed by atoms with van der Waals surface area (Å²) < 4.78 is 41.7. The average Bonchev–Trinajstić information content (AvgIpc) is 3.26. The Morgan fingerprint density at radius 3 is 2.57 bits per heavy atom. The van der Waals surface area contributed by atoms with Crippen LogP contribution in [0.15, 0.2) is 42.7 Å². The summed E-state index contributed by atoms with van der Waals surface area (Å²) in [6.07, 6.45) is 1.13. The van der Waals surface area contributed by atoms with Crippen LogP contribution in [0.1, 0.15) is 39.1 Å². The fourth-order valence-corrected chi connectivity index (χ4v) is 5.32. The number of ether oxygens (including phenoxy) is 2. The molecule has 15 heteroatoms. The Morgan fingerprint density at radius 1 is 1.02 bits per heavy atom. The van der Waals surface area contributed by atoms with E-state index in [9.17, 15) is 23.6 Å². The first-order valence-electron chi connectivity index (χ1n) is 13.0. The number of carbonyl (C=O) groups excluding carboxylic acids is 4. The first-order chi connectivity index (χ1) is 21.1. The molecule has 0 spiro atoms. The van der Waals surface area contributed by atoms with Crippen molar-refractivity contribution in [1.29, 1.82) is 0 Å². The Hall–Kier alpha value is -4.88. The first kappa shape index (κ1) is 29.2. The van der Waals surface area contributed by atoms with Gasteiger partial charge in [-0.05, 0) is 30.7 Å². The van der Waals surface area contributed by atoms with Gasteiger partial charge in [-0.25, -0.2) is 18.7 Å². The zero-order valence-corrected chi connectivity index (χ0v) is 24.1. The third-order valence-electron chi connectivity index (χ3n) is 7.22. The number of hydrogen-bond donors (Lipinski definition) is 2. The number of piperidine rings is 1. The van der Waals surface area contributed by atoms with E-state index in [4.69, 9.17) is 32.7 Å². The molecule has 0 saturated carbocycles. The normalized spacial score (nSPS) is 16.3. The molecule has 4 amide bonds. The Morgan fingerprint density at radius 2 is 1.82 bits per heavy atom. The SMILES string of the molecule is COc1cc2ncnc(Nc3ccc(Cl)c(Cl)c3F)c2cc1OCc1ccc2c(c1F)C(=O)N(C1CCC(=O)NC1=O)C2=O. The van der Waals surface area contributed by atoms with E-state index in [0.29, 0.717) is 15.8 Å². The average molecular weight is 642 g/mol. The maximum Gasteiger partial charge on any atom is 0.265 e. The van der Waals surface area contributed by atoms with Gasteiger partial charge in [-0.2, -0.15) is 0 Å². The quantitative estimate of drug-likeness (QED) is 0.212. The summed E-state index contributed by atoms with van der Waals surface area (Å²) in [5.41, 5.74) is -0.337. The zero-order valence-electron chi connectivity index (χ0n) is 22.5. The third-order valence-corrected chi connectivity index (χ3v) is 8.00. The summed E-state index contributed by atoms with van der Waals surface area (Å²) in [4.78, 5) is 59.1. The van der Waals surface area contributed by atoms with Crippen LogP contribution < -0.4 is 20.1 Å². The summed E-state index contributed by atoms with van der Waals surface area (Å²) in [5, 5.41) is 5.12. The van der Waals surface area contributed by atoms with Crippen LogP contribution in [0.4, 0.5) is 20.3 Å². The number of nitrogens with one attached hydrogen (secondary N) is 2. The number of hydrogen-bond acceptors (Lipinski definition) is 9. The van der Waals surface area contributed by atoms with Crippen LogP contribution in [0.3, 0.4) is 0 Å². The van der Waals surface area contributed by atoms with Crippen molar-refractivity contribution in [2.24, 2.45) is 0 Å². The lowest BCUT2D eigenvalue weighted by atomic mass is 10.0. The number of aromatic nitrogens is 2. The van der Waals surface area contributed by atoms with Crippen LogP contribution in [-0.4, -0.2) is 51.6 Å². The highest BCUT2D eigenvalue weighted by atomic mass is 35.5. The Bertz CT molecular complexity index is 1920. The summed E-state index contributed by atoms with van der Waals surface area (Å²) >= 11 is 11.8. The molecular weight excluding hydrogens is 623 g/mol. The van der Waals surface area contributed by atoms with Gasteiger partial charge in [-0.15, -0.1) is 0 Å². The van der Waals surface area contributed by atoms with Crippen molar-refractivity contribution < 1.29 is 37.4 Å². The van der Waals surface area contributed by atoms with E-state index in [0.717, 1.165) is 0 Å². The van der Waals surface area contributed by atoms with Crippen LogP contribution in [0.2, 0.25) is 10.0 Å². The van der Waals surface area contributed by atoms with Crippen LogP contribution in [-0.2, 0) is 16.2 Å². The van der Waals surface area contributed by atoms with Gasteiger partial charge in [0, 0.05) is 23.4 Å². The maximum atomic E-state index is 15.7. The van der Waals surface area contributed by atoms with Gasteiger partial charge in [0.1, 0.15) is 30.6 Å². The van der Waals surface area contributed by atoms with Gasteiger partial charge in [-0.1, -0.05) is 29.3 Å². The van der Waals surface area contributed by atoms with E-state index in [1.165, 1.54) is 43.8 Å². The number of amides is 4. The smallest absolute Gasteiger partial charge is 0.265 e. The molecule has 1 fully saturated rings. The molecule has 6 rings (SSSR count). The van der Waals surface area contributed by atoms with Crippen molar-refractivity contribution in [3.8, 4) is 11.5 Å². The molecule has 2 aliphatic rings. The summed E-state index contributed by atoms with van der Waals surface area (Å²) in [6.45, 7) is -0.390. The van der Waals surface area contributed by atoms with Gasteiger partial charge in [0.15, 0.2) is 17.3 Å². The van der Waals surface area contributed by atoms with Crippen LogP contribution in [0.5, 0.6) is 11.5 Å². The van der Waals surface area contributed by atoms with Crippen molar-refractivity contribution in [2.45, 2.75) is 25.5 Å². The molecule has 4 aromatic rings. The Balaban J connectivity index is 1.29. The summed E-state index contributed by atoms with van der Waals surface area (Å²) in [7, 11) is 1.39. The van der Waals surface area contributed by atoms with Gasteiger partial charge < -0.3 is 14.8 Å². The molecular formula is C29H19Cl2F2N5O6. The van der Waals surface area contributed by atoms with Gasteiger partial charge >= 0.3 is 0 Å². The molecule has 2 aliphatic heterocycles. The van der Waals surface area contributed by atoms with Crippen LogP contribution >= 0.6 is 23.2 Å². The lowest BCUT2D eigenvalue weighted by molar-refractivity contribution is -0.136. The second-order valence-corrected chi connectivity index (χ2v) is 10.6. The number of halogens is 4. The number of anilines is 2. The zero-order chi connectivity index (χ0) is 31.3. The number of fused-ring (bicyclic) bond motifs is 2. The second kappa shape index (κ2) is 11.3. The molecule has 0 radical (unpaired) electrons. The van der Waals surface area contributed by atoms with E-state index < -0.39 is 53.5 Å². The first-order valence-corrected chi connectivity index (χ1v) is 13.7. The molecule has 44 heavy (non-hydrogen) atoms. The minimum atomic E-state index is -1.23. The van der Waals surface area contributed by atoms with E-state index in [-0.39, 0.29) is 57.0 Å². The molecule has 3 aromatic carbocycles.